The lowest BCUT2D eigenvalue weighted by Gasteiger charge is -2.03. The Labute approximate surface area is 167 Å². The molecule has 0 aliphatic carbocycles. The quantitative estimate of drug-likeness (QED) is 0.450. The van der Waals surface area contributed by atoms with Crippen molar-refractivity contribution in [3.05, 3.63) is 77.1 Å². The molecule has 0 atom stereocenters. The second-order valence-corrected chi connectivity index (χ2v) is 7.06. The SMILES string of the molecule is O=C(Nc1ccn2nc(-c3ccccc3)nc2c1)c1onc2ccc(Br)cc12. The van der Waals surface area contributed by atoms with Crippen LogP contribution in [0.1, 0.15) is 10.6 Å². The van der Waals surface area contributed by atoms with Crippen molar-refractivity contribution in [1.82, 2.24) is 19.8 Å². The van der Waals surface area contributed by atoms with Gasteiger partial charge in [-0.3, -0.25) is 4.79 Å². The van der Waals surface area contributed by atoms with E-state index in [0.29, 0.717) is 28.1 Å². The van der Waals surface area contributed by atoms with Gasteiger partial charge in [0.1, 0.15) is 5.52 Å². The number of fused-ring (bicyclic) bond motifs is 2. The maximum absolute atomic E-state index is 12.7. The van der Waals surface area contributed by atoms with Crippen LogP contribution in [0.2, 0.25) is 0 Å². The summed E-state index contributed by atoms with van der Waals surface area (Å²) in [5.74, 6) is 0.394. The van der Waals surface area contributed by atoms with Crippen LogP contribution in [0.5, 0.6) is 0 Å². The molecule has 0 fully saturated rings. The second kappa shape index (κ2) is 6.58. The Morgan fingerprint density at radius 2 is 1.93 bits per heavy atom. The summed E-state index contributed by atoms with van der Waals surface area (Å²) in [5.41, 5.74) is 2.76. The summed E-state index contributed by atoms with van der Waals surface area (Å²) in [4.78, 5) is 17.2. The molecule has 3 aromatic heterocycles. The Hall–Kier alpha value is -3.52. The molecule has 0 aliphatic heterocycles. The van der Waals surface area contributed by atoms with E-state index in [-0.39, 0.29) is 11.7 Å². The topological polar surface area (TPSA) is 85.3 Å². The predicted octanol–water partition coefficient (Wildman–Crippen LogP) is 4.55. The molecule has 7 nitrogen and oxygen atoms in total. The average molecular weight is 434 g/mol. The minimum Gasteiger partial charge on any atom is -0.350 e. The highest BCUT2D eigenvalue weighted by molar-refractivity contribution is 9.10. The molecule has 0 spiro atoms. The summed E-state index contributed by atoms with van der Waals surface area (Å²) in [5, 5.41) is 11.9. The van der Waals surface area contributed by atoms with Crippen LogP contribution in [0.4, 0.5) is 5.69 Å². The minimum atomic E-state index is -0.382. The number of carbonyl (C=O) groups is 1. The number of nitrogens with zero attached hydrogens (tertiary/aromatic N) is 4. The van der Waals surface area contributed by atoms with Gasteiger partial charge in [0.25, 0.3) is 5.91 Å². The van der Waals surface area contributed by atoms with Crippen LogP contribution in [0.15, 0.2) is 75.9 Å². The molecule has 0 saturated carbocycles. The van der Waals surface area contributed by atoms with Gasteiger partial charge in [0.15, 0.2) is 11.5 Å². The molecular formula is C20H12BrN5O2. The Kier molecular flexibility index (Phi) is 3.91. The molecule has 5 rings (SSSR count). The fourth-order valence-electron chi connectivity index (χ4n) is 2.93. The van der Waals surface area contributed by atoms with Gasteiger partial charge in [-0.2, -0.15) is 0 Å². The molecule has 5 aromatic rings. The Morgan fingerprint density at radius 1 is 1.07 bits per heavy atom. The largest absolute Gasteiger partial charge is 0.350 e. The number of benzene rings is 2. The molecule has 0 bridgehead atoms. The number of nitrogens with one attached hydrogen (secondary N) is 1. The fourth-order valence-corrected chi connectivity index (χ4v) is 3.30. The van der Waals surface area contributed by atoms with Gasteiger partial charge in [0.05, 0.1) is 5.39 Å². The summed E-state index contributed by atoms with van der Waals surface area (Å²) in [7, 11) is 0. The number of aromatic nitrogens is 4. The van der Waals surface area contributed by atoms with E-state index >= 15 is 0 Å². The highest BCUT2D eigenvalue weighted by atomic mass is 79.9. The zero-order chi connectivity index (χ0) is 19.1. The normalized spacial score (nSPS) is 11.2. The molecular weight excluding hydrogens is 422 g/mol. The third-order valence-corrected chi connectivity index (χ3v) is 4.77. The van der Waals surface area contributed by atoms with Gasteiger partial charge < -0.3 is 9.84 Å². The molecule has 2 aromatic carbocycles. The van der Waals surface area contributed by atoms with E-state index in [9.17, 15) is 4.79 Å². The van der Waals surface area contributed by atoms with Crippen molar-refractivity contribution in [3.63, 3.8) is 0 Å². The summed E-state index contributed by atoms with van der Waals surface area (Å²) in [6.07, 6.45) is 1.75. The van der Waals surface area contributed by atoms with Crippen molar-refractivity contribution >= 4 is 44.1 Å². The highest BCUT2D eigenvalue weighted by Gasteiger charge is 2.17. The van der Waals surface area contributed by atoms with Crippen LogP contribution in [0.25, 0.3) is 27.9 Å². The number of amides is 1. The lowest BCUT2D eigenvalue weighted by Crippen LogP contribution is -2.11. The highest BCUT2D eigenvalue weighted by Crippen LogP contribution is 2.24. The van der Waals surface area contributed by atoms with E-state index in [1.807, 2.05) is 36.4 Å². The number of halogens is 1. The average Bonchev–Trinajstić information content (AvgIpc) is 3.32. The van der Waals surface area contributed by atoms with E-state index in [2.05, 4.69) is 36.5 Å². The molecule has 28 heavy (non-hydrogen) atoms. The molecule has 8 heteroatoms. The monoisotopic (exact) mass is 433 g/mol. The van der Waals surface area contributed by atoms with Gasteiger partial charge in [-0.05, 0) is 24.3 Å². The Balaban J connectivity index is 1.46. The van der Waals surface area contributed by atoms with Crippen molar-refractivity contribution in [2.75, 3.05) is 5.32 Å². The van der Waals surface area contributed by atoms with Crippen molar-refractivity contribution in [2.45, 2.75) is 0 Å². The van der Waals surface area contributed by atoms with Gasteiger partial charge in [0.2, 0.25) is 5.76 Å². The van der Waals surface area contributed by atoms with E-state index in [1.54, 1.807) is 35.0 Å². The summed E-state index contributed by atoms with van der Waals surface area (Å²) < 4.78 is 7.75. The molecule has 1 N–H and O–H groups in total. The number of carbonyl (C=O) groups excluding carboxylic acids is 1. The van der Waals surface area contributed by atoms with Crippen molar-refractivity contribution in [2.24, 2.45) is 0 Å². The van der Waals surface area contributed by atoms with Crippen LogP contribution in [-0.4, -0.2) is 25.7 Å². The van der Waals surface area contributed by atoms with Gasteiger partial charge >= 0.3 is 0 Å². The predicted molar refractivity (Wildman–Crippen MR) is 108 cm³/mol. The fraction of sp³-hybridized carbons (Fsp3) is 0. The van der Waals surface area contributed by atoms with Gasteiger partial charge in [-0.15, -0.1) is 5.10 Å². The molecule has 3 heterocycles. The Bertz CT molecular complexity index is 1330. The van der Waals surface area contributed by atoms with E-state index < -0.39 is 0 Å². The number of hydrogen-bond acceptors (Lipinski definition) is 5. The maximum Gasteiger partial charge on any atom is 0.294 e. The summed E-state index contributed by atoms with van der Waals surface area (Å²) in [6.45, 7) is 0. The first kappa shape index (κ1) is 16.6. The lowest BCUT2D eigenvalue weighted by molar-refractivity contribution is 0.0990. The first-order chi connectivity index (χ1) is 13.7. The number of rotatable bonds is 3. The van der Waals surface area contributed by atoms with Crippen LogP contribution in [0.3, 0.4) is 0 Å². The smallest absolute Gasteiger partial charge is 0.294 e. The number of hydrogen-bond donors (Lipinski definition) is 1. The number of anilines is 1. The Morgan fingerprint density at radius 3 is 2.79 bits per heavy atom. The van der Waals surface area contributed by atoms with Gasteiger partial charge in [-0.1, -0.05) is 51.4 Å². The van der Waals surface area contributed by atoms with Gasteiger partial charge in [-0.25, -0.2) is 9.50 Å². The summed E-state index contributed by atoms with van der Waals surface area (Å²) >= 11 is 3.40. The zero-order valence-electron chi connectivity index (χ0n) is 14.3. The van der Waals surface area contributed by atoms with Crippen molar-refractivity contribution < 1.29 is 9.32 Å². The van der Waals surface area contributed by atoms with Crippen molar-refractivity contribution in [3.8, 4) is 11.4 Å². The van der Waals surface area contributed by atoms with Crippen LogP contribution >= 0.6 is 15.9 Å². The standard InChI is InChI=1S/C20H12BrN5O2/c21-13-6-7-16-15(10-13)18(28-25-16)20(27)22-14-8-9-26-17(11-14)23-19(24-26)12-4-2-1-3-5-12/h1-11H,(H,22,27). The molecule has 0 saturated heterocycles. The molecule has 136 valence electrons. The van der Waals surface area contributed by atoms with E-state index in [1.165, 1.54) is 0 Å². The zero-order valence-corrected chi connectivity index (χ0v) is 15.9. The first-order valence-electron chi connectivity index (χ1n) is 8.45. The van der Waals surface area contributed by atoms with Gasteiger partial charge in [0, 0.05) is 28.0 Å². The molecule has 0 aliphatic rings. The minimum absolute atomic E-state index is 0.155. The van der Waals surface area contributed by atoms with Crippen LogP contribution in [-0.2, 0) is 0 Å². The maximum atomic E-state index is 12.7. The van der Waals surface area contributed by atoms with E-state index in [0.717, 1.165) is 10.0 Å². The summed E-state index contributed by atoms with van der Waals surface area (Å²) in [6, 6.07) is 18.7. The number of pyridine rings is 1. The molecule has 0 radical (unpaired) electrons. The third-order valence-electron chi connectivity index (χ3n) is 4.27. The first-order valence-corrected chi connectivity index (χ1v) is 9.25. The second-order valence-electron chi connectivity index (χ2n) is 6.15. The van der Waals surface area contributed by atoms with E-state index in [4.69, 9.17) is 4.52 Å². The molecule has 1 amide bonds. The lowest BCUT2D eigenvalue weighted by atomic mass is 10.2. The van der Waals surface area contributed by atoms with Crippen molar-refractivity contribution in [1.29, 1.82) is 0 Å². The van der Waals surface area contributed by atoms with Crippen LogP contribution < -0.4 is 5.32 Å². The third kappa shape index (κ3) is 2.93. The van der Waals surface area contributed by atoms with Crippen LogP contribution in [0, 0.1) is 0 Å². The molecule has 0 unspecified atom stereocenters.